The molecule has 2 N–H and O–H groups in total. The number of aryl methyl sites for hydroxylation is 1. The average molecular weight is 334 g/mol. The number of amides is 1. The number of hydrogen-bond donors (Lipinski definition) is 2. The van der Waals surface area contributed by atoms with Crippen LogP contribution in [0.15, 0.2) is 47.4 Å². The first-order chi connectivity index (χ1) is 10.8. The first kappa shape index (κ1) is 17.0. The second-order valence-corrected chi connectivity index (χ2v) is 6.70. The molecule has 7 heteroatoms. The molecule has 2 aromatic carbocycles. The molecule has 122 valence electrons. The van der Waals surface area contributed by atoms with E-state index in [0.717, 1.165) is 11.1 Å². The maximum absolute atomic E-state index is 12.4. The summed E-state index contributed by atoms with van der Waals surface area (Å²) < 4.78 is 27.4. The Morgan fingerprint density at radius 1 is 1.04 bits per heavy atom. The zero-order valence-electron chi connectivity index (χ0n) is 13.1. The van der Waals surface area contributed by atoms with E-state index in [2.05, 4.69) is 15.0 Å². The van der Waals surface area contributed by atoms with Crippen molar-refractivity contribution in [2.45, 2.75) is 18.7 Å². The van der Waals surface area contributed by atoms with E-state index >= 15 is 0 Å². The van der Waals surface area contributed by atoms with Gasteiger partial charge < -0.3 is 0 Å². The van der Waals surface area contributed by atoms with Crippen molar-refractivity contribution >= 4 is 21.6 Å². The fourth-order valence-electron chi connectivity index (χ4n) is 2.00. The van der Waals surface area contributed by atoms with E-state index in [1.165, 1.54) is 31.4 Å². The number of carbonyl (C=O) groups excluding carboxylic acids is 1. The smallest absolute Gasteiger partial charge is 0.274 e. The molecule has 0 atom stereocenters. The number of rotatable bonds is 5. The summed E-state index contributed by atoms with van der Waals surface area (Å²) in [5, 5.41) is 0. The van der Waals surface area contributed by atoms with Crippen LogP contribution in [0.3, 0.4) is 0 Å². The molecule has 0 aliphatic carbocycles. The van der Waals surface area contributed by atoms with Crippen LogP contribution < -0.4 is 10.2 Å². The molecule has 0 bridgehead atoms. The fourth-order valence-corrected chi connectivity index (χ4v) is 3.13. The van der Waals surface area contributed by atoms with Crippen LogP contribution in [0.1, 0.15) is 21.5 Å². The molecule has 6 nitrogen and oxygen atoms in total. The highest BCUT2D eigenvalue weighted by atomic mass is 32.2. The Morgan fingerprint density at radius 2 is 1.70 bits per heavy atom. The van der Waals surface area contributed by atoms with Crippen LogP contribution in [0, 0.1) is 13.8 Å². The van der Waals surface area contributed by atoms with Crippen molar-refractivity contribution in [2.24, 2.45) is 0 Å². The lowest BCUT2D eigenvalue weighted by atomic mass is 10.1. The molecule has 2 aromatic rings. The summed E-state index contributed by atoms with van der Waals surface area (Å²) in [6.07, 6.45) is 0. The Morgan fingerprint density at radius 3 is 2.30 bits per heavy atom. The lowest BCUT2D eigenvalue weighted by molar-refractivity contribution is 0.0537. The molecule has 0 spiro atoms. The van der Waals surface area contributed by atoms with Crippen LogP contribution in [0.25, 0.3) is 0 Å². The molecule has 0 unspecified atom stereocenters. The molecule has 0 aliphatic rings. The molecule has 0 fully saturated rings. The monoisotopic (exact) mass is 334 g/mol. The van der Waals surface area contributed by atoms with Gasteiger partial charge in [0.15, 0.2) is 0 Å². The highest BCUT2D eigenvalue weighted by molar-refractivity contribution is 7.92. The molecule has 1 amide bonds. The lowest BCUT2D eigenvalue weighted by Crippen LogP contribution is -2.22. The van der Waals surface area contributed by atoms with Gasteiger partial charge in [-0.3, -0.25) is 14.4 Å². The van der Waals surface area contributed by atoms with Gasteiger partial charge in [0.25, 0.3) is 15.9 Å². The van der Waals surface area contributed by atoms with E-state index in [0.29, 0.717) is 11.3 Å². The van der Waals surface area contributed by atoms with Crippen LogP contribution in [0.5, 0.6) is 0 Å². The number of anilines is 1. The summed E-state index contributed by atoms with van der Waals surface area (Å²) in [5.74, 6) is -0.445. The Hall–Kier alpha value is -2.38. The molecule has 0 heterocycles. The van der Waals surface area contributed by atoms with Crippen LogP contribution in [-0.4, -0.2) is 21.4 Å². The van der Waals surface area contributed by atoms with Crippen molar-refractivity contribution in [3.8, 4) is 0 Å². The Balaban J connectivity index is 2.26. The zero-order valence-corrected chi connectivity index (χ0v) is 13.9. The number of carbonyl (C=O) groups is 1. The molecule has 2 rings (SSSR count). The first-order valence-electron chi connectivity index (χ1n) is 6.87. The van der Waals surface area contributed by atoms with Gasteiger partial charge >= 0.3 is 0 Å². The number of nitrogens with one attached hydrogen (secondary N) is 2. The minimum absolute atomic E-state index is 0.0763. The Bertz CT molecular complexity index is 814. The molecule has 0 aromatic heterocycles. The van der Waals surface area contributed by atoms with Gasteiger partial charge in [0.1, 0.15) is 0 Å². The summed E-state index contributed by atoms with van der Waals surface area (Å²) in [6.45, 7) is 3.77. The van der Waals surface area contributed by atoms with Crippen molar-refractivity contribution in [3.63, 3.8) is 0 Å². The highest BCUT2D eigenvalue weighted by Gasteiger charge is 2.16. The third kappa shape index (κ3) is 3.88. The van der Waals surface area contributed by atoms with Crippen molar-refractivity contribution in [3.05, 3.63) is 59.2 Å². The maximum Gasteiger partial charge on any atom is 0.274 e. The van der Waals surface area contributed by atoms with Gasteiger partial charge in [-0.05, 0) is 55.3 Å². The minimum Gasteiger partial charge on any atom is -0.279 e. The summed E-state index contributed by atoms with van der Waals surface area (Å²) in [6, 6.07) is 11.0. The van der Waals surface area contributed by atoms with Crippen LogP contribution >= 0.6 is 0 Å². The normalized spacial score (nSPS) is 11.1. The van der Waals surface area contributed by atoms with Crippen LogP contribution in [-0.2, 0) is 14.9 Å². The molecule has 0 saturated carbocycles. The van der Waals surface area contributed by atoms with E-state index < -0.39 is 15.9 Å². The largest absolute Gasteiger partial charge is 0.279 e. The van der Waals surface area contributed by atoms with E-state index in [1.54, 1.807) is 12.1 Å². The van der Waals surface area contributed by atoms with Crippen molar-refractivity contribution in [2.75, 3.05) is 11.8 Å². The number of sulfonamides is 1. The topological polar surface area (TPSA) is 84.5 Å². The molecule has 0 aliphatic heterocycles. The van der Waals surface area contributed by atoms with Gasteiger partial charge in [-0.2, -0.15) is 0 Å². The predicted molar refractivity (Wildman–Crippen MR) is 87.6 cm³/mol. The van der Waals surface area contributed by atoms with Crippen molar-refractivity contribution < 1.29 is 18.0 Å². The third-order valence-corrected chi connectivity index (χ3v) is 4.85. The third-order valence-electron chi connectivity index (χ3n) is 3.47. The second kappa shape index (κ2) is 6.80. The highest BCUT2D eigenvalue weighted by Crippen LogP contribution is 2.22. The van der Waals surface area contributed by atoms with Crippen LogP contribution in [0.2, 0.25) is 0 Å². The number of hydrogen-bond acceptors (Lipinski definition) is 4. The van der Waals surface area contributed by atoms with Crippen LogP contribution in [0.4, 0.5) is 5.69 Å². The number of hydroxylamine groups is 1. The Kier molecular flexibility index (Phi) is 5.02. The van der Waals surface area contributed by atoms with Gasteiger partial charge in [-0.15, -0.1) is 0 Å². The minimum atomic E-state index is -3.72. The summed E-state index contributed by atoms with van der Waals surface area (Å²) in [4.78, 5) is 16.2. The lowest BCUT2D eigenvalue weighted by Gasteiger charge is -2.12. The predicted octanol–water partition coefficient (Wildman–Crippen LogP) is 2.40. The van der Waals surface area contributed by atoms with E-state index in [1.807, 2.05) is 19.9 Å². The standard InChI is InChI=1S/C16H18N2O4S/c1-11-5-4-6-15(12(11)2)18-23(20,21)14-9-7-13(8-10-14)16(19)17-22-3/h4-10,18H,1-3H3,(H,17,19). The van der Waals surface area contributed by atoms with E-state index in [-0.39, 0.29) is 4.90 Å². The molecular formula is C16H18N2O4S. The van der Waals surface area contributed by atoms with Crippen molar-refractivity contribution in [1.82, 2.24) is 5.48 Å². The molecule has 0 saturated heterocycles. The summed E-state index contributed by atoms with van der Waals surface area (Å²) >= 11 is 0. The van der Waals surface area contributed by atoms with E-state index in [4.69, 9.17) is 0 Å². The first-order valence-corrected chi connectivity index (χ1v) is 8.36. The van der Waals surface area contributed by atoms with E-state index in [9.17, 15) is 13.2 Å². The quantitative estimate of drug-likeness (QED) is 0.822. The van der Waals surface area contributed by atoms with Gasteiger partial charge in [-0.25, -0.2) is 13.9 Å². The van der Waals surface area contributed by atoms with Gasteiger partial charge in [0.05, 0.1) is 17.7 Å². The Labute approximate surface area is 135 Å². The molecule has 0 radical (unpaired) electrons. The summed E-state index contributed by atoms with van der Waals surface area (Å²) in [7, 11) is -2.40. The maximum atomic E-state index is 12.4. The van der Waals surface area contributed by atoms with Gasteiger partial charge in [-0.1, -0.05) is 12.1 Å². The van der Waals surface area contributed by atoms with Crippen molar-refractivity contribution in [1.29, 1.82) is 0 Å². The summed E-state index contributed by atoms with van der Waals surface area (Å²) in [5.41, 5.74) is 4.87. The fraction of sp³-hybridized carbons (Fsp3) is 0.188. The SMILES string of the molecule is CONC(=O)c1ccc(S(=O)(=O)Nc2cccc(C)c2C)cc1. The molecular weight excluding hydrogens is 316 g/mol. The zero-order chi connectivity index (χ0) is 17.0. The van der Waals surface area contributed by atoms with Gasteiger partial charge in [0, 0.05) is 5.56 Å². The second-order valence-electron chi connectivity index (χ2n) is 5.01. The average Bonchev–Trinajstić information content (AvgIpc) is 2.52. The molecule has 23 heavy (non-hydrogen) atoms. The van der Waals surface area contributed by atoms with Gasteiger partial charge in [0.2, 0.25) is 0 Å². The number of benzene rings is 2.